The number of alkyl halides is 3. The van der Waals surface area contributed by atoms with E-state index >= 15 is 0 Å². The molecule has 1 aromatic carbocycles. The third-order valence-electron chi connectivity index (χ3n) is 2.92. The van der Waals surface area contributed by atoms with Gasteiger partial charge in [0.1, 0.15) is 5.56 Å². The Morgan fingerprint density at radius 3 is 2.65 bits per heavy atom. The van der Waals surface area contributed by atoms with Gasteiger partial charge < -0.3 is 10.1 Å². The Kier molecular flexibility index (Phi) is 5.65. The molecule has 1 N–H and O–H groups in total. The Hall–Kier alpha value is -2.02. The van der Waals surface area contributed by atoms with Gasteiger partial charge in [0.2, 0.25) is 11.8 Å². The lowest BCUT2D eigenvalue weighted by atomic mass is 10.3. The fraction of sp³-hybridized carbons (Fsp3) is 0.333. The SMILES string of the molecule is CCCCOc1nc(Nc2ccccc2Cl)ncc1C(F)(F)F. The van der Waals surface area contributed by atoms with Gasteiger partial charge in [0.25, 0.3) is 0 Å². The van der Waals surface area contributed by atoms with E-state index in [2.05, 4.69) is 15.3 Å². The van der Waals surface area contributed by atoms with Crippen LogP contribution >= 0.6 is 11.6 Å². The molecule has 0 spiro atoms. The zero-order valence-electron chi connectivity index (χ0n) is 12.3. The predicted octanol–water partition coefficient (Wildman–Crippen LogP) is 5.07. The maximum atomic E-state index is 13.0. The molecule has 4 nitrogen and oxygen atoms in total. The number of nitrogens with zero attached hydrogens (tertiary/aromatic N) is 2. The fourth-order valence-electron chi connectivity index (χ4n) is 1.73. The number of benzene rings is 1. The normalized spacial score (nSPS) is 11.3. The second kappa shape index (κ2) is 7.50. The van der Waals surface area contributed by atoms with Gasteiger partial charge in [-0.05, 0) is 18.6 Å². The lowest BCUT2D eigenvalue weighted by Gasteiger charge is -2.14. The number of halogens is 4. The highest BCUT2D eigenvalue weighted by Crippen LogP contribution is 2.35. The molecule has 0 aliphatic rings. The van der Waals surface area contributed by atoms with Crippen molar-refractivity contribution in [2.24, 2.45) is 0 Å². The maximum absolute atomic E-state index is 13.0. The van der Waals surface area contributed by atoms with Gasteiger partial charge in [-0.3, -0.25) is 0 Å². The molecule has 0 bridgehead atoms. The molecule has 0 saturated heterocycles. The van der Waals surface area contributed by atoms with Crippen molar-refractivity contribution in [3.63, 3.8) is 0 Å². The van der Waals surface area contributed by atoms with Gasteiger partial charge in [-0.2, -0.15) is 18.2 Å². The quantitative estimate of drug-likeness (QED) is 0.742. The summed E-state index contributed by atoms with van der Waals surface area (Å²) in [5.74, 6) is -0.506. The highest BCUT2D eigenvalue weighted by Gasteiger charge is 2.36. The summed E-state index contributed by atoms with van der Waals surface area (Å²) in [5.41, 5.74) is -0.508. The van der Waals surface area contributed by atoms with Crippen LogP contribution in [0.2, 0.25) is 5.02 Å². The highest BCUT2D eigenvalue weighted by atomic mass is 35.5. The van der Waals surface area contributed by atoms with Crippen LogP contribution < -0.4 is 10.1 Å². The average Bonchev–Trinajstić information content (AvgIpc) is 2.49. The minimum absolute atomic E-state index is 0.0161. The summed E-state index contributed by atoms with van der Waals surface area (Å²) >= 11 is 5.99. The summed E-state index contributed by atoms with van der Waals surface area (Å²) < 4.78 is 44.1. The van der Waals surface area contributed by atoms with Crippen molar-refractivity contribution >= 4 is 23.2 Å². The van der Waals surface area contributed by atoms with Crippen molar-refractivity contribution in [2.75, 3.05) is 11.9 Å². The molecule has 23 heavy (non-hydrogen) atoms. The largest absolute Gasteiger partial charge is 0.477 e. The molecule has 0 aliphatic heterocycles. The van der Waals surface area contributed by atoms with Gasteiger partial charge in [-0.1, -0.05) is 37.1 Å². The van der Waals surface area contributed by atoms with Gasteiger partial charge in [0.15, 0.2) is 0 Å². The molecule has 2 aromatic rings. The topological polar surface area (TPSA) is 47.0 Å². The van der Waals surface area contributed by atoms with Crippen molar-refractivity contribution in [3.05, 3.63) is 41.0 Å². The fourth-order valence-corrected chi connectivity index (χ4v) is 1.91. The van der Waals surface area contributed by atoms with E-state index < -0.39 is 17.6 Å². The number of rotatable bonds is 6. The smallest absolute Gasteiger partial charge is 0.423 e. The number of aromatic nitrogens is 2. The number of hydrogen-bond donors (Lipinski definition) is 1. The zero-order valence-corrected chi connectivity index (χ0v) is 13.1. The lowest BCUT2D eigenvalue weighted by Crippen LogP contribution is -2.13. The van der Waals surface area contributed by atoms with Gasteiger partial charge in [-0.15, -0.1) is 0 Å². The van der Waals surface area contributed by atoms with Crippen molar-refractivity contribution in [1.82, 2.24) is 9.97 Å². The summed E-state index contributed by atoms with van der Waals surface area (Å²) in [5, 5.41) is 3.19. The third kappa shape index (κ3) is 4.72. The first-order chi connectivity index (χ1) is 10.9. The van der Waals surface area contributed by atoms with E-state index in [9.17, 15) is 13.2 Å². The lowest BCUT2D eigenvalue weighted by molar-refractivity contribution is -0.139. The van der Waals surface area contributed by atoms with Crippen LogP contribution in [-0.4, -0.2) is 16.6 Å². The van der Waals surface area contributed by atoms with Crippen LogP contribution in [-0.2, 0) is 6.18 Å². The number of unbranched alkanes of at least 4 members (excludes halogenated alkanes) is 1. The molecule has 0 amide bonds. The van der Waals surface area contributed by atoms with Gasteiger partial charge in [-0.25, -0.2) is 4.98 Å². The van der Waals surface area contributed by atoms with Crippen LogP contribution in [0.25, 0.3) is 0 Å². The average molecular weight is 346 g/mol. The van der Waals surface area contributed by atoms with E-state index in [-0.39, 0.29) is 12.6 Å². The summed E-state index contributed by atoms with van der Waals surface area (Å²) in [6.07, 6.45) is -2.44. The second-order valence-corrected chi connectivity index (χ2v) is 5.12. The number of ether oxygens (including phenoxy) is 1. The van der Waals surface area contributed by atoms with E-state index in [0.717, 1.165) is 6.42 Å². The molecule has 0 atom stereocenters. The standard InChI is InChI=1S/C15H15ClF3N3O/c1-2-3-8-23-13-10(15(17,18)19)9-20-14(22-13)21-12-7-5-4-6-11(12)16/h4-7,9H,2-3,8H2,1H3,(H,20,21,22). The van der Waals surface area contributed by atoms with E-state index in [1.807, 2.05) is 6.92 Å². The van der Waals surface area contributed by atoms with Crippen molar-refractivity contribution in [3.8, 4) is 5.88 Å². The van der Waals surface area contributed by atoms with Crippen LogP contribution in [0, 0.1) is 0 Å². The second-order valence-electron chi connectivity index (χ2n) is 4.72. The van der Waals surface area contributed by atoms with Crippen LogP contribution in [0.3, 0.4) is 0 Å². The molecule has 8 heteroatoms. The summed E-state index contributed by atoms with van der Waals surface area (Å²) in [4.78, 5) is 7.51. The maximum Gasteiger partial charge on any atom is 0.423 e. The molecule has 0 unspecified atom stereocenters. The Labute approximate surface area is 136 Å². The minimum atomic E-state index is -4.58. The van der Waals surface area contributed by atoms with E-state index in [0.29, 0.717) is 23.3 Å². The minimum Gasteiger partial charge on any atom is -0.477 e. The summed E-state index contributed by atoms with van der Waals surface area (Å²) in [6, 6.07) is 6.78. The van der Waals surface area contributed by atoms with Gasteiger partial charge in [0.05, 0.1) is 17.3 Å². The first-order valence-corrected chi connectivity index (χ1v) is 7.38. The Morgan fingerprint density at radius 1 is 1.26 bits per heavy atom. The molecule has 0 saturated carbocycles. The number of nitrogens with one attached hydrogen (secondary N) is 1. The molecule has 1 heterocycles. The number of hydrogen-bond acceptors (Lipinski definition) is 4. The predicted molar refractivity (Wildman–Crippen MR) is 82.2 cm³/mol. The zero-order chi connectivity index (χ0) is 16.9. The van der Waals surface area contributed by atoms with Crippen LogP contribution in [0.15, 0.2) is 30.5 Å². The first kappa shape index (κ1) is 17.3. The Bertz CT molecular complexity index is 665. The van der Waals surface area contributed by atoms with Gasteiger partial charge in [0, 0.05) is 6.20 Å². The molecule has 0 aliphatic carbocycles. The van der Waals surface area contributed by atoms with E-state index in [4.69, 9.17) is 16.3 Å². The van der Waals surface area contributed by atoms with Crippen molar-refractivity contribution in [1.29, 1.82) is 0 Å². The molecule has 0 radical (unpaired) electrons. The van der Waals surface area contributed by atoms with Crippen LogP contribution in [0.1, 0.15) is 25.3 Å². The van der Waals surface area contributed by atoms with E-state index in [1.54, 1.807) is 24.3 Å². The molecule has 0 fully saturated rings. The monoisotopic (exact) mass is 345 g/mol. The molecule has 1 aromatic heterocycles. The Morgan fingerprint density at radius 2 is 2.00 bits per heavy atom. The molecule has 2 rings (SSSR count). The molecular weight excluding hydrogens is 331 g/mol. The molecule has 124 valence electrons. The van der Waals surface area contributed by atoms with Crippen molar-refractivity contribution in [2.45, 2.75) is 25.9 Å². The number of para-hydroxylation sites is 1. The van der Waals surface area contributed by atoms with Crippen LogP contribution in [0.5, 0.6) is 5.88 Å². The van der Waals surface area contributed by atoms with Crippen LogP contribution in [0.4, 0.5) is 24.8 Å². The van der Waals surface area contributed by atoms with Crippen molar-refractivity contribution < 1.29 is 17.9 Å². The van der Waals surface area contributed by atoms with Gasteiger partial charge >= 0.3 is 6.18 Å². The first-order valence-electron chi connectivity index (χ1n) is 7.00. The Balaban J connectivity index is 2.28. The third-order valence-corrected chi connectivity index (χ3v) is 3.25. The summed E-state index contributed by atoms with van der Waals surface area (Å²) in [6.45, 7) is 2.07. The number of anilines is 2. The highest BCUT2D eigenvalue weighted by molar-refractivity contribution is 6.33. The summed E-state index contributed by atoms with van der Waals surface area (Å²) in [7, 11) is 0. The van der Waals surface area contributed by atoms with E-state index in [1.165, 1.54) is 0 Å². The molecular formula is C15H15ClF3N3O.